The van der Waals surface area contributed by atoms with Gasteiger partial charge in [-0.15, -0.1) is 0 Å². The molecule has 2 aromatic rings. The number of H-pyrrole nitrogens is 1. The molecule has 0 radical (unpaired) electrons. The number of hydrogen-bond acceptors (Lipinski definition) is 3. The minimum Gasteiger partial charge on any atom is -0.356 e. The number of carbonyl (C=O) groups is 1. The zero-order chi connectivity index (χ0) is 15.6. The third-order valence-corrected chi connectivity index (χ3v) is 4.10. The predicted molar refractivity (Wildman–Crippen MR) is 79.5 cm³/mol. The minimum absolute atomic E-state index is 0.0286. The Morgan fingerprint density at radius 2 is 1.95 bits per heavy atom. The number of amides is 1. The molecule has 1 atom stereocenters. The van der Waals surface area contributed by atoms with E-state index >= 15 is 0 Å². The highest BCUT2D eigenvalue weighted by Gasteiger charge is 2.14. The molecule has 21 heavy (non-hydrogen) atoms. The van der Waals surface area contributed by atoms with E-state index in [1.807, 2.05) is 0 Å². The Labute approximate surface area is 127 Å². The summed E-state index contributed by atoms with van der Waals surface area (Å²) in [7, 11) is -3.72. The van der Waals surface area contributed by atoms with Gasteiger partial charge in [0.15, 0.2) is 0 Å². The van der Waals surface area contributed by atoms with Crippen molar-refractivity contribution in [3.05, 3.63) is 52.8 Å². The highest BCUT2D eigenvalue weighted by molar-refractivity contribution is 7.89. The van der Waals surface area contributed by atoms with Crippen LogP contribution >= 0.6 is 11.6 Å². The van der Waals surface area contributed by atoms with E-state index in [9.17, 15) is 13.2 Å². The SMILES string of the molecule is C[C@@H](NC(=O)c1cc(Cl)c[nH]1)c1ccc(S(N)(=O)=O)cc1. The summed E-state index contributed by atoms with van der Waals surface area (Å²) in [6, 6.07) is 7.23. The van der Waals surface area contributed by atoms with E-state index in [0.717, 1.165) is 5.56 Å². The van der Waals surface area contributed by atoms with Crippen LogP contribution < -0.4 is 10.5 Å². The van der Waals surface area contributed by atoms with Crippen LogP contribution in [0.4, 0.5) is 0 Å². The standard InChI is InChI=1S/C13H14ClN3O3S/c1-8(17-13(18)12-6-10(14)7-16-12)9-2-4-11(5-3-9)21(15,19)20/h2-8,16H,1H3,(H,17,18)(H2,15,19,20)/t8-/m1/s1. The third-order valence-electron chi connectivity index (χ3n) is 2.95. The summed E-state index contributed by atoms with van der Waals surface area (Å²) in [5.74, 6) is -0.301. The maximum absolute atomic E-state index is 12.0. The van der Waals surface area contributed by atoms with E-state index < -0.39 is 10.0 Å². The Kier molecular flexibility index (Phi) is 4.36. The van der Waals surface area contributed by atoms with Crippen molar-refractivity contribution < 1.29 is 13.2 Å². The van der Waals surface area contributed by atoms with Crippen molar-refractivity contribution in [2.75, 3.05) is 0 Å². The average Bonchev–Trinajstić information content (AvgIpc) is 2.84. The number of hydrogen-bond donors (Lipinski definition) is 3. The highest BCUT2D eigenvalue weighted by Crippen LogP contribution is 2.16. The normalized spacial score (nSPS) is 12.9. The first-order chi connectivity index (χ1) is 9.77. The summed E-state index contributed by atoms with van der Waals surface area (Å²) >= 11 is 5.74. The molecule has 0 aliphatic rings. The van der Waals surface area contributed by atoms with Gasteiger partial charge in [0, 0.05) is 6.20 Å². The summed E-state index contributed by atoms with van der Waals surface area (Å²) in [5.41, 5.74) is 1.11. The van der Waals surface area contributed by atoms with Crippen LogP contribution in [0, 0.1) is 0 Å². The number of carbonyl (C=O) groups excluding carboxylic acids is 1. The molecule has 0 fully saturated rings. The first kappa shape index (κ1) is 15.6. The van der Waals surface area contributed by atoms with Gasteiger partial charge in [-0.1, -0.05) is 23.7 Å². The zero-order valence-corrected chi connectivity index (χ0v) is 12.7. The Balaban J connectivity index is 2.10. The highest BCUT2D eigenvalue weighted by atomic mass is 35.5. The topological polar surface area (TPSA) is 105 Å². The number of nitrogens with one attached hydrogen (secondary N) is 2. The number of sulfonamides is 1. The third kappa shape index (κ3) is 3.84. The quantitative estimate of drug-likeness (QED) is 0.797. The van der Waals surface area contributed by atoms with Crippen LogP contribution in [0.2, 0.25) is 5.02 Å². The van der Waals surface area contributed by atoms with Gasteiger partial charge < -0.3 is 10.3 Å². The smallest absolute Gasteiger partial charge is 0.268 e. The Bertz CT molecular complexity index is 753. The number of primary sulfonamides is 1. The first-order valence-corrected chi connectivity index (χ1v) is 7.97. The maximum atomic E-state index is 12.0. The second-order valence-corrected chi connectivity index (χ2v) is 6.54. The average molecular weight is 328 g/mol. The molecule has 0 aliphatic carbocycles. The molecule has 0 aliphatic heterocycles. The number of aromatic nitrogens is 1. The summed E-state index contributed by atoms with van der Waals surface area (Å²) < 4.78 is 22.3. The minimum atomic E-state index is -3.72. The zero-order valence-electron chi connectivity index (χ0n) is 11.1. The van der Waals surface area contributed by atoms with E-state index in [1.165, 1.54) is 24.4 Å². The number of benzene rings is 1. The molecule has 0 saturated carbocycles. The van der Waals surface area contributed by atoms with Crippen LogP contribution in [0.5, 0.6) is 0 Å². The van der Waals surface area contributed by atoms with Gasteiger partial charge >= 0.3 is 0 Å². The number of aromatic amines is 1. The lowest BCUT2D eigenvalue weighted by molar-refractivity contribution is 0.0935. The van der Waals surface area contributed by atoms with Gasteiger partial charge in [-0.3, -0.25) is 4.79 Å². The largest absolute Gasteiger partial charge is 0.356 e. The summed E-state index contributed by atoms with van der Waals surface area (Å²) in [4.78, 5) is 14.7. The first-order valence-electron chi connectivity index (χ1n) is 6.05. The lowest BCUT2D eigenvalue weighted by atomic mass is 10.1. The number of nitrogens with two attached hydrogens (primary N) is 1. The molecule has 1 amide bonds. The number of halogens is 1. The van der Waals surface area contributed by atoms with Crippen LogP contribution in [0.25, 0.3) is 0 Å². The molecular formula is C13H14ClN3O3S. The second-order valence-electron chi connectivity index (χ2n) is 4.54. The molecule has 0 saturated heterocycles. The summed E-state index contributed by atoms with van der Waals surface area (Å²) in [5, 5.41) is 8.25. The van der Waals surface area contributed by atoms with Crippen LogP contribution in [0.1, 0.15) is 29.0 Å². The van der Waals surface area contributed by atoms with Crippen molar-refractivity contribution >= 4 is 27.5 Å². The van der Waals surface area contributed by atoms with E-state index in [-0.39, 0.29) is 16.8 Å². The van der Waals surface area contributed by atoms with Crippen LogP contribution in [-0.4, -0.2) is 19.3 Å². The summed E-state index contributed by atoms with van der Waals surface area (Å²) in [6.07, 6.45) is 1.52. The molecule has 2 rings (SSSR count). The van der Waals surface area contributed by atoms with E-state index in [0.29, 0.717) is 10.7 Å². The Morgan fingerprint density at radius 3 is 2.43 bits per heavy atom. The monoisotopic (exact) mass is 327 g/mol. The van der Waals surface area contributed by atoms with Gasteiger partial charge in [0.2, 0.25) is 10.0 Å². The van der Waals surface area contributed by atoms with Crippen molar-refractivity contribution in [3.8, 4) is 0 Å². The van der Waals surface area contributed by atoms with Crippen molar-refractivity contribution in [2.24, 2.45) is 5.14 Å². The van der Waals surface area contributed by atoms with Crippen molar-refractivity contribution in [1.82, 2.24) is 10.3 Å². The van der Waals surface area contributed by atoms with Gasteiger partial charge in [-0.2, -0.15) is 0 Å². The van der Waals surface area contributed by atoms with Crippen LogP contribution in [0.3, 0.4) is 0 Å². The molecule has 0 bridgehead atoms. The molecule has 1 aromatic carbocycles. The maximum Gasteiger partial charge on any atom is 0.268 e. The molecule has 0 unspecified atom stereocenters. The van der Waals surface area contributed by atoms with Gasteiger partial charge in [0.25, 0.3) is 5.91 Å². The van der Waals surface area contributed by atoms with Crippen LogP contribution in [-0.2, 0) is 10.0 Å². The molecule has 4 N–H and O–H groups in total. The van der Waals surface area contributed by atoms with E-state index in [1.54, 1.807) is 19.1 Å². The summed E-state index contributed by atoms with van der Waals surface area (Å²) in [6.45, 7) is 1.79. The Hall–Kier alpha value is -1.83. The molecule has 6 nitrogen and oxygen atoms in total. The van der Waals surface area contributed by atoms with E-state index in [4.69, 9.17) is 16.7 Å². The predicted octanol–water partition coefficient (Wildman–Crippen LogP) is 1.81. The Morgan fingerprint density at radius 1 is 1.33 bits per heavy atom. The van der Waals surface area contributed by atoms with Gasteiger partial charge in [0.05, 0.1) is 16.0 Å². The van der Waals surface area contributed by atoms with Gasteiger partial charge in [-0.25, -0.2) is 13.6 Å². The van der Waals surface area contributed by atoms with Crippen LogP contribution in [0.15, 0.2) is 41.4 Å². The van der Waals surface area contributed by atoms with Crippen molar-refractivity contribution in [3.63, 3.8) is 0 Å². The molecule has 1 aromatic heterocycles. The number of rotatable bonds is 4. The molecule has 0 spiro atoms. The van der Waals surface area contributed by atoms with Crippen molar-refractivity contribution in [1.29, 1.82) is 0 Å². The van der Waals surface area contributed by atoms with Gasteiger partial charge in [-0.05, 0) is 30.7 Å². The molecular weight excluding hydrogens is 314 g/mol. The fourth-order valence-electron chi connectivity index (χ4n) is 1.80. The lowest BCUT2D eigenvalue weighted by Crippen LogP contribution is -2.26. The van der Waals surface area contributed by atoms with E-state index in [2.05, 4.69) is 10.3 Å². The second kappa shape index (κ2) is 5.88. The fraction of sp³-hybridized carbons (Fsp3) is 0.154. The van der Waals surface area contributed by atoms with Crippen molar-refractivity contribution in [2.45, 2.75) is 17.9 Å². The molecule has 8 heteroatoms. The van der Waals surface area contributed by atoms with Gasteiger partial charge in [0.1, 0.15) is 5.69 Å². The lowest BCUT2D eigenvalue weighted by Gasteiger charge is -2.14. The molecule has 1 heterocycles. The fourth-order valence-corrected chi connectivity index (χ4v) is 2.48. The molecule has 112 valence electrons.